The summed E-state index contributed by atoms with van der Waals surface area (Å²) in [5.74, 6) is 0.457. The maximum atomic E-state index is 11.7. The highest BCUT2D eigenvalue weighted by atomic mass is 16.1. The van der Waals surface area contributed by atoms with Crippen molar-refractivity contribution in [3.8, 4) is 0 Å². The predicted octanol–water partition coefficient (Wildman–Crippen LogP) is -0.846. The lowest BCUT2D eigenvalue weighted by molar-refractivity contribution is 0.0925. The number of Topliss-reactive ketones (excluding diaryl/α,β-unsaturated/α-hetero) is 1. The molecule has 1 saturated heterocycles. The summed E-state index contributed by atoms with van der Waals surface area (Å²) in [6, 6.07) is -0.139. The van der Waals surface area contributed by atoms with E-state index in [1.165, 1.54) is 0 Å². The Morgan fingerprint density at radius 3 is 3.08 bits per heavy atom. The topological polar surface area (TPSA) is 69.8 Å². The predicted molar refractivity (Wildman–Crippen MR) is 47.6 cm³/mol. The molecule has 2 heterocycles. The van der Waals surface area contributed by atoms with Crippen LogP contribution in [-0.4, -0.2) is 41.4 Å². The third-order valence-corrected chi connectivity index (χ3v) is 2.09. The van der Waals surface area contributed by atoms with Crippen LogP contribution in [0, 0.1) is 0 Å². The van der Waals surface area contributed by atoms with Crippen LogP contribution in [0.15, 0.2) is 12.4 Å². The Morgan fingerprint density at radius 1 is 1.54 bits per heavy atom. The molecule has 0 spiro atoms. The van der Waals surface area contributed by atoms with Crippen LogP contribution in [0.1, 0.15) is 10.6 Å². The molecule has 2 rings (SSSR count). The molecule has 1 fully saturated rings. The molecule has 5 heteroatoms. The molecule has 0 bridgehead atoms. The number of nitrogens with zero attached hydrogens (tertiary/aromatic N) is 1. The number of carbonyl (C=O) groups is 1. The minimum atomic E-state index is -0.139. The maximum Gasteiger partial charge on any atom is 0.216 e. The molecule has 1 aliphatic rings. The highest BCUT2D eigenvalue weighted by molar-refractivity contribution is 5.97. The molecular weight excluding hydrogens is 168 g/mol. The van der Waals surface area contributed by atoms with Gasteiger partial charge in [-0.15, -0.1) is 0 Å². The number of H-pyrrole nitrogens is 1. The maximum absolute atomic E-state index is 11.7. The van der Waals surface area contributed by atoms with E-state index in [9.17, 15) is 4.79 Å². The SMILES string of the molecule is O=C(c1ncc[nH]1)C1CNCCN1. The van der Waals surface area contributed by atoms with E-state index in [2.05, 4.69) is 20.6 Å². The van der Waals surface area contributed by atoms with Crippen molar-refractivity contribution in [1.29, 1.82) is 0 Å². The number of nitrogens with one attached hydrogen (secondary N) is 3. The number of hydrogen-bond acceptors (Lipinski definition) is 4. The van der Waals surface area contributed by atoms with Crippen molar-refractivity contribution in [3.63, 3.8) is 0 Å². The first-order valence-electron chi connectivity index (χ1n) is 4.35. The molecule has 5 nitrogen and oxygen atoms in total. The lowest BCUT2D eigenvalue weighted by Crippen LogP contribution is -2.52. The van der Waals surface area contributed by atoms with Crippen molar-refractivity contribution < 1.29 is 4.79 Å². The van der Waals surface area contributed by atoms with Crippen molar-refractivity contribution in [2.45, 2.75) is 6.04 Å². The first kappa shape index (κ1) is 8.40. The van der Waals surface area contributed by atoms with Crippen molar-refractivity contribution in [3.05, 3.63) is 18.2 Å². The van der Waals surface area contributed by atoms with Gasteiger partial charge in [0.05, 0.1) is 6.04 Å². The molecule has 0 saturated carbocycles. The van der Waals surface area contributed by atoms with Gasteiger partial charge in [-0.05, 0) is 0 Å². The van der Waals surface area contributed by atoms with Gasteiger partial charge in [0.25, 0.3) is 0 Å². The van der Waals surface area contributed by atoms with Gasteiger partial charge in [-0.2, -0.15) is 0 Å². The van der Waals surface area contributed by atoms with Gasteiger partial charge >= 0.3 is 0 Å². The van der Waals surface area contributed by atoms with Crippen LogP contribution in [-0.2, 0) is 0 Å². The Kier molecular flexibility index (Phi) is 2.37. The van der Waals surface area contributed by atoms with Crippen LogP contribution in [0.25, 0.3) is 0 Å². The molecular formula is C8H12N4O. The van der Waals surface area contributed by atoms with Gasteiger partial charge in [0, 0.05) is 32.0 Å². The first-order valence-corrected chi connectivity index (χ1v) is 4.35. The lowest BCUT2D eigenvalue weighted by atomic mass is 10.1. The summed E-state index contributed by atoms with van der Waals surface area (Å²) in [6.45, 7) is 2.43. The molecule has 1 unspecified atom stereocenters. The number of aromatic nitrogens is 2. The molecule has 1 aromatic heterocycles. The van der Waals surface area contributed by atoms with Gasteiger partial charge in [-0.25, -0.2) is 4.98 Å². The van der Waals surface area contributed by atoms with Crippen LogP contribution in [0.3, 0.4) is 0 Å². The molecule has 1 atom stereocenters. The van der Waals surface area contributed by atoms with Crippen molar-refractivity contribution >= 4 is 5.78 Å². The minimum absolute atomic E-state index is 0.0252. The second-order valence-electron chi connectivity index (χ2n) is 3.01. The highest BCUT2D eigenvalue weighted by Gasteiger charge is 2.22. The number of piperazine rings is 1. The number of hydrogen-bond donors (Lipinski definition) is 3. The van der Waals surface area contributed by atoms with E-state index < -0.39 is 0 Å². The summed E-state index contributed by atoms with van der Waals surface area (Å²) in [6.07, 6.45) is 3.24. The molecule has 1 aromatic rings. The van der Waals surface area contributed by atoms with Crippen LogP contribution in [0.2, 0.25) is 0 Å². The average Bonchev–Trinajstić information content (AvgIpc) is 2.71. The number of imidazole rings is 1. The third kappa shape index (κ3) is 1.76. The monoisotopic (exact) mass is 180 g/mol. The Balaban J connectivity index is 2.04. The summed E-state index contributed by atoms with van der Waals surface area (Å²) >= 11 is 0. The molecule has 70 valence electrons. The van der Waals surface area contributed by atoms with Crippen LogP contribution in [0.4, 0.5) is 0 Å². The van der Waals surface area contributed by atoms with E-state index in [0.717, 1.165) is 13.1 Å². The van der Waals surface area contributed by atoms with Crippen molar-refractivity contribution in [2.24, 2.45) is 0 Å². The third-order valence-electron chi connectivity index (χ3n) is 2.09. The van der Waals surface area contributed by atoms with Gasteiger partial charge in [0.15, 0.2) is 5.82 Å². The Morgan fingerprint density at radius 2 is 2.46 bits per heavy atom. The molecule has 0 amide bonds. The molecule has 0 aromatic carbocycles. The fourth-order valence-corrected chi connectivity index (χ4v) is 1.40. The molecule has 1 aliphatic heterocycles. The van der Waals surface area contributed by atoms with Gasteiger partial charge in [0.2, 0.25) is 5.78 Å². The van der Waals surface area contributed by atoms with Crippen molar-refractivity contribution in [2.75, 3.05) is 19.6 Å². The Labute approximate surface area is 75.9 Å². The zero-order valence-electron chi connectivity index (χ0n) is 7.21. The van der Waals surface area contributed by atoms with Crippen LogP contribution < -0.4 is 10.6 Å². The highest BCUT2D eigenvalue weighted by Crippen LogP contribution is 1.98. The van der Waals surface area contributed by atoms with E-state index in [0.29, 0.717) is 12.4 Å². The van der Waals surface area contributed by atoms with Crippen molar-refractivity contribution in [1.82, 2.24) is 20.6 Å². The van der Waals surface area contributed by atoms with Crippen LogP contribution >= 0.6 is 0 Å². The summed E-state index contributed by atoms with van der Waals surface area (Å²) in [5, 5.41) is 6.29. The van der Waals surface area contributed by atoms with Gasteiger partial charge in [-0.3, -0.25) is 4.79 Å². The zero-order valence-corrected chi connectivity index (χ0v) is 7.21. The lowest BCUT2D eigenvalue weighted by Gasteiger charge is -2.22. The summed E-state index contributed by atoms with van der Waals surface area (Å²) in [7, 11) is 0. The Hall–Kier alpha value is -1.20. The summed E-state index contributed by atoms with van der Waals surface area (Å²) in [4.78, 5) is 18.4. The molecule has 3 N–H and O–H groups in total. The molecule has 13 heavy (non-hydrogen) atoms. The normalized spacial score (nSPS) is 22.9. The van der Waals surface area contributed by atoms with E-state index in [1.807, 2.05) is 0 Å². The van der Waals surface area contributed by atoms with Gasteiger partial charge < -0.3 is 15.6 Å². The standard InChI is InChI=1S/C8H12N4O/c13-7(8-11-3-4-12-8)6-5-9-1-2-10-6/h3-4,6,9-10H,1-2,5H2,(H,11,12). The number of carbonyl (C=O) groups excluding carboxylic acids is 1. The summed E-state index contributed by atoms with van der Waals surface area (Å²) in [5.41, 5.74) is 0. The van der Waals surface area contributed by atoms with E-state index >= 15 is 0 Å². The first-order chi connectivity index (χ1) is 6.38. The second kappa shape index (κ2) is 3.68. The number of rotatable bonds is 2. The fourth-order valence-electron chi connectivity index (χ4n) is 1.40. The second-order valence-corrected chi connectivity index (χ2v) is 3.01. The minimum Gasteiger partial charge on any atom is -0.342 e. The quantitative estimate of drug-likeness (QED) is 0.519. The van der Waals surface area contributed by atoms with E-state index in [1.54, 1.807) is 12.4 Å². The van der Waals surface area contributed by atoms with Crippen LogP contribution in [0.5, 0.6) is 0 Å². The fraction of sp³-hybridized carbons (Fsp3) is 0.500. The van der Waals surface area contributed by atoms with E-state index in [-0.39, 0.29) is 11.8 Å². The van der Waals surface area contributed by atoms with Gasteiger partial charge in [-0.1, -0.05) is 0 Å². The molecule has 0 radical (unpaired) electrons. The largest absolute Gasteiger partial charge is 0.342 e. The number of aromatic amines is 1. The zero-order chi connectivity index (χ0) is 9.10. The average molecular weight is 180 g/mol. The van der Waals surface area contributed by atoms with Gasteiger partial charge in [0.1, 0.15) is 0 Å². The van der Waals surface area contributed by atoms with E-state index in [4.69, 9.17) is 0 Å². The summed E-state index contributed by atoms with van der Waals surface area (Å²) < 4.78 is 0. The smallest absolute Gasteiger partial charge is 0.216 e. The Bertz CT molecular complexity index is 276. The number of ketones is 1. The molecule has 0 aliphatic carbocycles.